The molecule has 1 aliphatic rings. The van der Waals surface area contributed by atoms with Gasteiger partial charge in [-0.2, -0.15) is 0 Å². The molecular formula is C20H26N4O4. The molecule has 3 N–H and O–H groups in total. The molecule has 8 heteroatoms. The summed E-state index contributed by atoms with van der Waals surface area (Å²) in [4.78, 5) is 34.2. The Morgan fingerprint density at radius 2 is 2.14 bits per heavy atom. The molecule has 2 atom stereocenters. The Balaban J connectivity index is 1.67. The Morgan fingerprint density at radius 1 is 1.36 bits per heavy atom. The van der Waals surface area contributed by atoms with Gasteiger partial charge in [0.2, 0.25) is 0 Å². The molecular weight excluding hydrogens is 360 g/mol. The van der Waals surface area contributed by atoms with Gasteiger partial charge in [0.1, 0.15) is 11.4 Å². The van der Waals surface area contributed by atoms with E-state index in [4.69, 9.17) is 4.74 Å². The molecule has 1 saturated heterocycles. The second-order valence-electron chi connectivity index (χ2n) is 7.19. The van der Waals surface area contributed by atoms with Crippen LogP contribution in [-0.2, 0) is 0 Å². The molecule has 150 valence electrons. The van der Waals surface area contributed by atoms with Gasteiger partial charge >= 0.3 is 0 Å². The molecule has 0 unspecified atom stereocenters. The van der Waals surface area contributed by atoms with Crippen molar-refractivity contribution in [3.8, 4) is 5.75 Å². The van der Waals surface area contributed by atoms with E-state index in [9.17, 15) is 14.7 Å². The summed E-state index contributed by atoms with van der Waals surface area (Å²) in [6.45, 7) is 4.38. The summed E-state index contributed by atoms with van der Waals surface area (Å²) in [7, 11) is 1.49. The number of amides is 2. The van der Waals surface area contributed by atoms with Crippen LogP contribution < -0.4 is 10.1 Å². The number of aryl methyl sites for hydroxylation is 2. The largest absolute Gasteiger partial charge is 0.494 e. The molecule has 0 radical (unpaired) electrons. The number of pyridine rings is 1. The summed E-state index contributed by atoms with van der Waals surface area (Å²) in [6.07, 6.45) is 1.96. The van der Waals surface area contributed by atoms with Crippen molar-refractivity contribution in [1.29, 1.82) is 0 Å². The molecule has 2 aromatic heterocycles. The van der Waals surface area contributed by atoms with E-state index >= 15 is 0 Å². The lowest BCUT2D eigenvalue weighted by atomic mass is 10.1. The number of hydrogen-bond acceptors (Lipinski definition) is 5. The summed E-state index contributed by atoms with van der Waals surface area (Å²) in [5.74, 6) is -0.102. The molecule has 1 fully saturated rings. The fourth-order valence-electron chi connectivity index (χ4n) is 3.42. The molecule has 2 aromatic rings. The van der Waals surface area contributed by atoms with Gasteiger partial charge in [0.05, 0.1) is 13.2 Å². The van der Waals surface area contributed by atoms with Crippen LogP contribution in [0.4, 0.5) is 0 Å². The highest BCUT2D eigenvalue weighted by atomic mass is 16.5. The van der Waals surface area contributed by atoms with Crippen LogP contribution in [0.3, 0.4) is 0 Å². The highest BCUT2D eigenvalue weighted by molar-refractivity contribution is 5.95. The van der Waals surface area contributed by atoms with Crippen LogP contribution in [0.25, 0.3) is 0 Å². The minimum absolute atomic E-state index is 0.152. The van der Waals surface area contributed by atoms with E-state index in [2.05, 4.69) is 15.3 Å². The normalized spacial score (nSPS) is 19.8. The number of aromatic nitrogens is 2. The smallest absolute Gasteiger partial charge is 0.273 e. The molecule has 0 spiro atoms. The molecule has 0 aromatic carbocycles. The predicted molar refractivity (Wildman–Crippen MR) is 103 cm³/mol. The topological polar surface area (TPSA) is 108 Å². The zero-order valence-corrected chi connectivity index (χ0v) is 16.4. The van der Waals surface area contributed by atoms with Gasteiger partial charge in [-0.1, -0.05) is 0 Å². The van der Waals surface area contributed by atoms with Gasteiger partial charge < -0.3 is 25.0 Å². The van der Waals surface area contributed by atoms with Gasteiger partial charge in [0.15, 0.2) is 5.69 Å². The van der Waals surface area contributed by atoms with Gasteiger partial charge in [-0.05, 0) is 50.5 Å². The van der Waals surface area contributed by atoms with Gasteiger partial charge in [-0.25, -0.2) is 4.98 Å². The number of hydrogen-bond donors (Lipinski definition) is 3. The first-order valence-electron chi connectivity index (χ1n) is 9.32. The highest BCUT2D eigenvalue weighted by Crippen LogP contribution is 2.19. The van der Waals surface area contributed by atoms with Crippen molar-refractivity contribution < 1.29 is 19.4 Å². The number of methoxy groups -OCH3 is 1. The molecule has 0 aliphatic carbocycles. The molecule has 3 heterocycles. The van der Waals surface area contributed by atoms with E-state index in [1.54, 1.807) is 36.2 Å². The first-order chi connectivity index (χ1) is 13.4. The number of aliphatic hydroxyl groups excluding tert-OH is 1. The quantitative estimate of drug-likeness (QED) is 0.737. The number of aliphatic hydroxyl groups is 1. The van der Waals surface area contributed by atoms with E-state index in [1.807, 2.05) is 6.92 Å². The van der Waals surface area contributed by atoms with E-state index in [0.717, 1.165) is 5.56 Å². The third kappa shape index (κ3) is 4.51. The molecule has 28 heavy (non-hydrogen) atoms. The van der Waals surface area contributed by atoms with Crippen LogP contribution in [0.15, 0.2) is 24.4 Å². The number of nitrogens with zero attached hydrogens (tertiary/aromatic N) is 2. The molecule has 2 amide bonds. The lowest BCUT2D eigenvalue weighted by Gasteiger charge is -2.21. The van der Waals surface area contributed by atoms with Gasteiger partial charge in [0, 0.05) is 31.0 Å². The van der Waals surface area contributed by atoms with Gasteiger partial charge in [-0.3, -0.25) is 9.59 Å². The lowest BCUT2D eigenvalue weighted by molar-refractivity contribution is 0.0646. The number of H-pyrrole nitrogens is 1. The van der Waals surface area contributed by atoms with Crippen LogP contribution >= 0.6 is 0 Å². The zero-order chi connectivity index (χ0) is 20.3. The van der Waals surface area contributed by atoms with Crippen molar-refractivity contribution in [2.75, 3.05) is 20.2 Å². The number of carbonyl (C=O) groups excluding carboxylic acids is 2. The van der Waals surface area contributed by atoms with Crippen molar-refractivity contribution in [3.63, 3.8) is 0 Å². The number of carbonyl (C=O) groups is 2. The fraction of sp³-hybridized carbons (Fsp3) is 0.450. The number of nitrogens with one attached hydrogen (secondary N) is 2. The number of ether oxygens (including phenoxy) is 1. The van der Waals surface area contributed by atoms with Crippen molar-refractivity contribution >= 4 is 11.8 Å². The van der Waals surface area contributed by atoms with Crippen LogP contribution in [0, 0.1) is 13.8 Å². The van der Waals surface area contributed by atoms with Crippen LogP contribution in [0.1, 0.15) is 45.1 Å². The van der Waals surface area contributed by atoms with Gasteiger partial charge in [0.25, 0.3) is 11.8 Å². The van der Waals surface area contributed by atoms with Crippen molar-refractivity contribution in [1.82, 2.24) is 20.2 Å². The minimum atomic E-state index is -0.722. The second-order valence-corrected chi connectivity index (χ2v) is 7.19. The Labute approximate surface area is 163 Å². The summed E-state index contributed by atoms with van der Waals surface area (Å²) < 4.78 is 5.23. The van der Waals surface area contributed by atoms with Crippen molar-refractivity contribution in [3.05, 3.63) is 47.0 Å². The molecule has 3 rings (SSSR count). The maximum atomic E-state index is 12.7. The van der Waals surface area contributed by atoms with Crippen LogP contribution in [-0.4, -0.2) is 64.1 Å². The Kier molecular flexibility index (Phi) is 5.99. The third-order valence-corrected chi connectivity index (χ3v) is 4.85. The molecule has 0 bridgehead atoms. The SMILES string of the molecule is COc1ccc(C)nc1C(=O)N[C@@H]1CCN(C(=O)c2cc(C)c[nH]2)C[C@H](O)C1. The predicted octanol–water partition coefficient (Wildman–Crippen LogP) is 1.43. The summed E-state index contributed by atoms with van der Waals surface area (Å²) in [5, 5.41) is 13.3. The fourth-order valence-corrected chi connectivity index (χ4v) is 3.42. The van der Waals surface area contributed by atoms with Crippen LogP contribution in [0.2, 0.25) is 0 Å². The summed E-state index contributed by atoms with van der Waals surface area (Å²) in [5.41, 5.74) is 2.41. The zero-order valence-electron chi connectivity index (χ0n) is 16.4. The summed E-state index contributed by atoms with van der Waals surface area (Å²) in [6, 6.07) is 5.00. The third-order valence-electron chi connectivity index (χ3n) is 4.85. The molecule has 1 aliphatic heterocycles. The molecule has 8 nitrogen and oxygen atoms in total. The highest BCUT2D eigenvalue weighted by Gasteiger charge is 2.28. The Morgan fingerprint density at radius 3 is 2.82 bits per heavy atom. The number of likely N-dealkylation sites (tertiary alicyclic amines) is 1. The number of rotatable bonds is 4. The Bertz CT molecular complexity index is 864. The summed E-state index contributed by atoms with van der Waals surface area (Å²) >= 11 is 0. The van der Waals surface area contributed by atoms with Crippen molar-refractivity contribution in [2.24, 2.45) is 0 Å². The minimum Gasteiger partial charge on any atom is -0.494 e. The van der Waals surface area contributed by atoms with E-state index < -0.39 is 6.10 Å². The maximum Gasteiger partial charge on any atom is 0.273 e. The second kappa shape index (κ2) is 8.43. The molecule has 0 saturated carbocycles. The number of aromatic amines is 1. The van der Waals surface area contributed by atoms with E-state index in [0.29, 0.717) is 36.5 Å². The number of β-amino-alcohol motifs (C(OH)–C–C–N with tert-alkyl or cyclic N) is 1. The van der Waals surface area contributed by atoms with Gasteiger partial charge in [-0.15, -0.1) is 0 Å². The Hall–Kier alpha value is -2.87. The maximum absolute atomic E-state index is 12.7. The standard InChI is InChI=1S/C20H26N4O4/c1-12-8-16(21-10-12)20(27)24-7-6-14(9-15(25)11-24)23-19(26)18-17(28-3)5-4-13(2)22-18/h4-5,8,10,14-15,21,25H,6-7,9,11H2,1-3H3,(H,23,26)/t14-,15-/m1/s1. The lowest BCUT2D eigenvalue weighted by Crippen LogP contribution is -2.37. The average molecular weight is 386 g/mol. The van der Waals surface area contributed by atoms with Crippen molar-refractivity contribution in [2.45, 2.75) is 38.8 Å². The van der Waals surface area contributed by atoms with E-state index in [-0.39, 0.29) is 30.1 Å². The first kappa shape index (κ1) is 19.9. The van der Waals surface area contributed by atoms with E-state index in [1.165, 1.54) is 7.11 Å². The van der Waals surface area contributed by atoms with Crippen LogP contribution in [0.5, 0.6) is 5.75 Å². The monoisotopic (exact) mass is 386 g/mol. The first-order valence-corrected chi connectivity index (χ1v) is 9.32. The average Bonchev–Trinajstić information content (AvgIpc) is 3.01.